The van der Waals surface area contributed by atoms with Crippen LogP contribution in [0.1, 0.15) is 37.0 Å². The van der Waals surface area contributed by atoms with Crippen molar-refractivity contribution in [2.45, 2.75) is 46.1 Å². The molecule has 1 unspecified atom stereocenters. The molecule has 0 aliphatic rings. The lowest BCUT2D eigenvalue weighted by atomic mass is 10.2. The van der Waals surface area contributed by atoms with Gasteiger partial charge in [-0.1, -0.05) is 6.92 Å². The van der Waals surface area contributed by atoms with E-state index in [0.29, 0.717) is 12.2 Å². The van der Waals surface area contributed by atoms with Gasteiger partial charge in [0.05, 0.1) is 11.7 Å². The van der Waals surface area contributed by atoms with Crippen molar-refractivity contribution in [1.82, 2.24) is 15.1 Å². The molecular weight excluding hydrogens is 246 g/mol. The standard InChI is InChI=1S/C13H23N3O3/c1-6-10-8-11(16(7-2)15-10)12(17)14-9(3)13(18-4)19-5/h8-9,13H,6-7H2,1-5H3,(H,14,17). The van der Waals surface area contributed by atoms with Crippen molar-refractivity contribution in [3.05, 3.63) is 17.5 Å². The topological polar surface area (TPSA) is 65.4 Å². The molecule has 1 heterocycles. The molecule has 108 valence electrons. The highest BCUT2D eigenvalue weighted by Crippen LogP contribution is 2.07. The van der Waals surface area contributed by atoms with Gasteiger partial charge in [-0.15, -0.1) is 0 Å². The summed E-state index contributed by atoms with van der Waals surface area (Å²) in [5.74, 6) is -0.166. The van der Waals surface area contributed by atoms with Gasteiger partial charge in [-0.3, -0.25) is 9.48 Å². The first-order valence-corrected chi connectivity index (χ1v) is 6.50. The number of carbonyl (C=O) groups excluding carboxylic acids is 1. The highest BCUT2D eigenvalue weighted by atomic mass is 16.7. The molecular formula is C13H23N3O3. The lowest BCUT2D eigenvalue weighted by Gasteiger charge is -2.22. The normalized spacial score (nSPS) is 12.7. The Morgan fingerprint density at radius 3 is 2.53 bits per heavy atom. The molecule has 0 aromatic carbocycles. The minimum absolute atomic E-state index is 0.166. The van der Waals surface area contributed by atoms with Crippen molar-refractivity contribution in [1.29, 1.82) is 0 Å². The maximum Gasteiger partial charge on any atom is 0.269 e. The first kappa shape index (κ1) is 15.7. The first-order valence-electron chi connectivity index (χ1n) is 6.50. The summed E-state index contributed by atoms with van der Waals surface area (Å²) in [4.78, 5) is 12.2. The van der Waals surface area contributed by atoms with Gasteiger partial charge in [0.25, 0.3) is 5.91 Å². The van der Waals surface area contributed by atoms with E-state index >= 15 is 0 Å². The van der Waals surface area contributed by atoms with Crippen molar-refractivity contribution in [3.63, 3.8) is 0 Å². The summed E-state index contributed by atoms with van der Waals surface area (Å²) in [6, 6.07) is 1.58. The van der Waals surface area contributed by atoms with Crippen molar-refractivity contribution in [2.75, 3.05) is 14.2 Å². The lowest BCUT2D eigenvalue weighted by molar-refractivity contribution is -0.117. The van der Waals surface area contributed by atoms with Crippen LogP contribution in [-0.2, 0) is 22.4 Å². The van der Waals surface area contributed by atoms with E-state index < -0.39 is 6.29 Å². The molecule has 0 aliphatic carbocycles. The summed E-state index contributed by atoms with van der Waals surface area (Å²) in [5, 5.41) is 7.21. The third kappa shape index (κ3) is 3.78. The fourth-order valence-corrected chi connectivity index (χ4v) is 1.92. The van der Waals surface area contributed by atoms with E-state index in [1.807, 2.05) is 26.8 Å². The molecule has 1 atom stereocenters. The number of ether oxygens (including phenoxy) is 2. The Balaban J connectivity index is 2.80. The molecule has 1 amide bonds. The summed E-state index contributed by atoms with van der Waals surface area (Å²) >= 11 is 0. The second-order valence-electron chi connectivity index (χ2n) is 4.29. The van der Waals surface area contributed by atoms with E-state index in [2.05, 4.69) is 10.4 Å². The predicted molar refractivity (Wildman–Crippen MR) is 72.0 cm³/mol. The minimum atomic E-state index is -0.465. The molecule has 1 aromatic rings. The van der Waals surface area contributed by atoms with E-state index in [1.54, 1.807) is 18.9 Å². The molecule has 0 radical (unpaired) electrons. The third-order valence-electron chi connectivity index (χ3n) is 2.96. The molecule has 0 fully saturated rings. The zero-order chi connectivity index (χ0) is 14.4. The Labute approximate surface area is 114 Å². The molecule has 6 heteroatoms. The number of hydrogen-bond donors (Lipinski definition) is 1. The number of aryl methyl sites for hydroxylation is 2. The van der Waals surface area contributed by atoms with Gasteiger partial charge in [0.2, 0.25) is 0 Å². The zero-order valence-corrected chi connectivity index (χ0v) is 12.3. The van der Waals surface area contributed by atoms with Gasteiger partial charge < -0.3 is 14.8 Å². The van der Waals surface area contributed by atoms with Crippen LogP contribution in [0.5, 0.6) is 0 Å². The Bertz CT molecular complexity index is 413. The third-order valence-corrected chi connectivity index (χ3v) is 2.96. The number of rotatable bonds is 7. The van der Waals surface area contributed by atoms with Crippen LogP contribution < -0.4 is 5.32 Å². The van der Waals surface area contributed by atoms with Crippen molar-refractivity contribution in [3.8, 4) is 0 Å². The number of amides is 1. The zero-order valence-electron chi connectivity index (χ0n) is 12.3. The quantitative estimate of drug-likeness (QED) is 0.755. The number of nitrogens with one attached hydrogen (secondary N) is 1. The van der Waals surface area contributed by atoms with Gasteiger partial charge in [-0.05, 0) is 26.3 Å². The van der Waals surface area contributed by atoms with Gasteiger partial charge >= 0.3 is 0 Å². The van der Waals surface area contributed by atoms with E-state index in [0.717, 1.165) is 12.1 Å². The maximum atomic E-state index is 12.2. The molecule has 1 rings (SSSR count). The predicted octanol–water partition coefficient (Wildman–Crippen LogP) is 1.20. The molecule has 6 nitrogen and oxygen atoms in total. The summed E-state index contributed by atoms with van der Waals surface area (Å²) < 4.78 is 11.9. The molecule has 0 bridgehead atoms. The highest BCUT2D eigenvalue weighted by Gasteiger charge is 2.21. The van der Waals surface area contributed by atoms with E-state index in [9.17, 15) is 4.79 Å². The molecule has 0 aliphatic heterocycles. The largest absolute Gasteiger partial charge is 0.354 e. The summed E-state index contributed by atoms with van der Waals surface area (Å²) in [6.45, 7) is 6.47. The monoisotopic (exact) mass is 269 g/mol. The second-order valence-corrected chi connectivity index (χ2v) is 4.29. The molecule has 19 heavy (non-hydrogen) atoms. The summed E-state index contributed by atoms with van der Waals surface area (Å²) in [6.07, 6.45) is 0.342. The average molecular weight is 269 g/mol. The Hall–Kier alpha value is -1.40. The smallest absolute Gasteiger partial charge is 0.269 e. The number of methoxy groups -OCH3 is 2. The van der Waals surface area contributed by atoms with Crippen LogP contribution in [0.4, 0.5) is 0 Å². The van der Waals surface area contributed by atoms with Crippen LogP contribution in [0.2, 0.25) is 0 Å². The van der Waals surface area contributed by atoms with Gasteiger partial charge in [-0.25, -0.2) is 0 Å². The van der Waals surface area contributed by atoms with E-state index in [1.165, 1.54) is 0 Å². The average Bonchev–Trinajstić information content (AvgIpc) is 2.83. The Morgan fingerprint density at radius 2 is 2.05 bits per heavy atom. The summed E-state index contributed by atoms with van der Waals surface area (Å²) in [7, 11) is 3.09. The summed E-state index contributed by atoms with van der Waals surface area (Å²) in [5.41, 5.74) is 1.48. The molecule has 0 saturated heterocycles. The molecule has 1 N–H and O–H groups in total. The number of hydrogen-bond acceptors (Lipinski definition) is 4. The fraction of sp³-hybridized carbons (Fsp3) is 0.692. The Kier molecular flexibility index (Phi) is 5.98. The highest BCUT2D eigenvalue weighted by molar-refractivity contribution is 5.92. The molecule has 1 aromatic heterocycles. The van der Waals surface area contributed by atoms with Gasteiger partial charge in [0.1, 0.15) is 5.69 Å². The van der Waals surface area contributed by atoms with Crippen molar-refractivity contribution < 1.29 is 14.3 Å². The number of nitrogens with zero attached hydrogens (tertiary/aromatic N) is 2. The van der Waals surface area contributed by atoms with Crippen LogP contribution in [0.3, 0.4) is 0 Å². The van der Waals surface area contributed by atoms with Crippen LogP contribution >= 0.6 is 0 Å². The van der Waals surface area contributed by atoms with Crippen LogP contribution in [-0.4, -0.2) is 42.2 Å². The van der Waals surface area contributed by atoms with Crippen LogP contribution in [0.25, 0.3) is 0 Å². The van der Waals surface area contributed by atoms with Crippen molar-refractivity contribution >= 4 is 5.91 Å². The first-order chi connectivity index (χ1) is 9.07. The number of aromatic nitrogens is 2. The van der Waals surface area contributed by atoms with Crippen LogP contribution in [0.15, 0.2) is 6.07 Å². The van der Waals surface area contributed by atoms with Gasteiger partial charge in [0, 0.05) is 20.8 Å². The number of carbonyl (C=O) groups is 1. The van der Waals surface area contributed by atoms with E-state index in [-0.39, 0.29) is 11.9 Å². The Morgan fingerprint density at radius 1 is 1.42 bits per heavy atom. The SMILES string of the molecule is CCc1cc(C(=O)NC(C)C(OC)OC)n(CC)n1. The van der Waals surface area contributed by atoms with Gasteiger partial charge in [-0.2, -0.15) is 5.10 Å². The van der Waals surface area contributed by atoms with Crippen LogP contribution in [0, 0.1) is 0 Å². The lowest BCUT2D eigenvalue weighted by Crippen LogP contribution is -2.43. The maximum absolute atomic E-state index is 12.2. The van der Waals surface area contributed by atoms with Gasteiger partial charge in [0.15, 0.2) is 6.29 Å². The van der Waals surface area contributed by atoms with E-state index in [4.69, 9.17) is 9.47 Å². The molecule has 0 spiro atoms. The fourth-order valence-electron chi connectivity index (χ4n) is 1.92. The van der Waals surface area contributed by atoms with Crippen molar-refractivity contribution in [2.24, 2.45) is 0 Å². The second kappa shape index (κ2) is 7.25. The molecule has 0 saturated carbocycles. The minimum Gasteiger partial charge on any atom is -0.354 e.